The number of nitrogens with one attached hydrogen (secondary N) is 1. The van der Waals surface area contributed by atoms with E-state index in [-0.39, 0.29) is 0 Å². The summed E-state index contributed by atoms with van der Waals surface area (Å²) in [7, 11) is 0. The van der Waals surface area contributed by atoms with Gasteiger partial charge in [0.25, 0.3) is 0 Å². The fourth-order valence-electron chi connectivity index (χ4n) is 1.43. The van der Waals surface area contributed by atoms with Crippen LogP contribution in [0, 0.1) is 19.3 Å². The molecule has 0 amide bonds. The lowest BCUT2D eigenvalue weighted by Crippen LogP contribution is -2.28. The molecule has 0 aromatic carbocycles. The lowest BCUT2D eigenvalue weighted by atomic mass is 9.93. The van der Waals surface area contributed by atoms with Crippen LogP contribution in [0.4, 0.5) is 5.82 Å². The normalized spacial score (nSPS) is 15.7. The third kappa shape index (κ3) is 1.69. The minimum Gasteiger partial charge on any atom is -0.366 e. The van der Waals surface area contributed by atoms with Crippen molar-refractivity contribution in [3.8, 4) is 12.3 Å². The largest absolute Gasteiger partial charge is 0.366 e. The Hall–Kier alpha value is -1.56. The molecule has 1 fully saturated rings. The molecule has 0 spiro atoms. The molecular formula is C11H13N3. The number of aromatic nitrogens is 2. The monoisotopic (exact) mass is 187 g/mol. The first-order valence-corrected chi connectivity index (χ1v) is 4.86. The first-order chi connectivity index (χ1) is 6.79. The summed E-state index contributed by atoms with van der Waals surface area (Å²) in [5.41, 5.74) is 0.752. The Morgan fingerprint density at radius 1 is 1.57 bits per heavy atom. The van der Waals surface area contributed by atoms with E-state index in [0.717, 1.165) is 17.2 Å². The van der Waals surface area contributed by atoms with Crippen molar-refractivity contribution in [1.29, 1.82) is 0 Å². The van der Waals surface area contributed by atoms with Gasteiger partial charge in [-0.2, -0.15) is 0 Å². The van der Waals surface area contributed by atoms with E-state index in [4.69, 9.17) is 6.42 Å². The maximum atomic E-state index is 5.37. The lowest BCUT2D eigenvalue weighted by molar-refractivity contribution is 0.444. The Labute approximate surface area is 84.0 Å². The molecule has 1 saturated carbocycles. The van der Waals surface area contributed by atoms with Crippen LogP contribution in [0.1, 0.15) is 30.7 Å². The van der Waals surface area contributed by atoms with E-state index in [2.05, 4.69) is 21.2 Å². The van der Waals surface area contributed by atoms with Crippen molar-refractivity contribution in [3.05, 3.63) is 17.6 Å². The number of hydrogen-bond acceptors (Lipinski definition) is 3. The summed E-state index contributed by atoms with van der Waals surface area (Å²) < 4.78 is 0. The van der Waals surface area contributed by atoms with E-state index in [1.807, 2.05) is 6.92 Å². The Morgan fingerprint density at radius 3 is 2.93 bits per heavy atom. The summed E-state index contributed by atoms with van der Waals surface area (Å²) in [4.78, 5) is 8.37. The highest BCUT2D eigenvalue weighted by Crippen LogP contribution is 2.23. The zero-order valence-electron chi connectivity index (χ0n) is 8.25. The quantitative estimate of drug-likeness (QED) is 0.716. The average molecular weight is 187 g/mol. The van der Waals surface area contributed by atoms with Crippen LogP contribution >= 0.6 is 0 Å². The van der Waals surface area contributed by atoms with Crippen LogP contribution in [0.3, 0.4) is 0 Å². The molecule has 0 saturated heterocycles. The first-order valence-electron chi connectivity index (χ1n) is 4.86. The predicted octanol–water partition coefficient (Wildman–Crippen LogP) is 1.73. The standard InChI is InChI=1S/C11H13N3/c1-3-9-7-12-8(2)13-11(9)14-10-5-4-6-10/h1,7,10H,4-6H2,2H3,(H,12,13,14). The number of anilines is 1. The molecular weight excluding hydrogens is 174 g/mol. The summed E-state index contributed by atoms with van der Waals surface area (Å²) in [6.45, 7) is 1.87. The minimum atomic E-state index is 0.552. The number of rotatable bonds is 2. The zero-order valence-corrected chi connectivity index (χ0v) is 8.25. The van der Waals surface area contributed by atoms with Gasteiger partial charge in [-0.25, -0.2) is 9.97 Å². The molecule has 72 valence electrons. The van der Waals surface area contributed by atoms with Crippen LogP contribution in [0.15, 0.2) is 6.20 Å². The number of aryl methyl sites for hydroxylation is 1. The van der Waals surface area contributed by atoms with Crippen LogP contribution in [0.2, 0.25) is 0 Å². The lowest BCUT2D eigenvalue weighted by Gasteiger charge is -2.27. The fraction of sp³-hybridized carbons (Fsp3) is 0.455. The van der Waals surface area contributed by atoms with Crippen LogP contribution in [0.5, 0.6) is 0 Å². The SMILES string of the molecule is C#Cc1cnc(C)nc1NC1CCC1. The van der Waals surface area contributed by atoms with Crippen molar-refractivity contribution < 1.29 is 0 Å². The topological polar surface area (TPSA) is 37.8 Å². The molecule has 1 aliphatic carbocycles. The van der Waals surface area contributed by atoms with Gasteiger partial charge in [-0.1, -0.05) is 5.92 Å². The average Bonchev–Trinajstić information content (AvgIpc) is 2.12. The van der Waals surface area contributed by atoms with Crippen molar-refractivity contribution in [2.24, 2.45) is 0 Å². The van der Waals surface area contributed by atoms with Gasteiger partial charge >= 0.3 is 0 Å². The van der Waals surface area contributed by atoms with Crippen molar-refractivity contribution in [2.45, 2.75) is 32.2 Å². The molecule has 1 aliphatic rings. The van der Waals surface area contributed by atoms with Crippen molar-refractivity contribution in [1.82, 2.24) is 9.97 Å². The molecule has 3 heteroatoms. The third-order valence-corrected chi connectivity index (χ3v) is 2.51. The molecule has 1 heterocycles. The highest BCUT2D eigenvalue weighted by Gasteiger charge is 2.18. The first kappa shape index (κ1) is 9.01. The van der Waals surface area contributed by atoms with E-state index < -0.39 is 0 Å². The van der Waals surface area contributed by atoms with Crippen LogP contribution in [0.25, 0.3) is 0 Å². The molecule has 3 nitrogen and oxygen atoms in total. The maximum absolute atomic E-state index is 5.37. The number of hydrogen-bond donors (Lipinski definition) is 1. The molecule has 0 aliphatic heterocycles. The molecule has 0 atom stereocenters. The molecule has 1 aromatic rings. The van der Waals surface area contributed by atoms with Crippen LogP contribution < -0.4 is 5.32 Å². The Bertz CT molecular complexity index is 375. The third-order valence-electron chi connectivity index (χ3n) is 2.51. The van der Waals surface area contributed by atoms with Crippen molar-refractivity contribution >= 4 is 5.82 Å². The highest BCUT2D eigenvalue weighted by molar-refractivity contribution is 5.52. The Kier molecular flexibility index (Phi) is 2.36. The van der Waals surface area contributed by atoms with Gasteiger partial charge in [0.2, 0.25) is 0 Å². The van der Waals surface area contributed by atoms with Gasteiger partial charge in [-0.3, -0.25) is 0 Å². The van der Waals surface area contributed by atoms with Crippen LogP contribution in [-0.4, -0.2) is 16.0 Å². The Morgan fingerprint density at radius 2 is 2.36 bits per heavy atom. The van der Waals surface area contributed by atoms with E-state index in [1.165, 1.54) is 19.3 Å². The van der Waals surface area contributed by atoms with Gasteiger partial charge < -0.3 is 5.32 Å². The van der Waals surface area contributed by atoms with Crippen molar-refractivity contribution in [2.75, 3.05) is 5.32 Å². The highest BCUT2D eigenvalue weighted by atomic mass is 15.1. The second-order valence-corrected chi connectivity index (χ2v) is 3.60. The second-order valence-electron chi connectivity index (χ2n) is 3.60. The maximum Gasteiger partial charge on any atom is 0.145 e. The van der Waals surface area contributed by atoms with Gasteiger partial charge in [0.15, 0.2) is 0 Å². The van der Waals surface area contributed by atoms with Crippen molar-refractivity contribution in [3.63, 3.8) is 0 Å². The predicted molar refractivity (Wildman–Crippen MR) is 56.0 cm³/mol. The Balaban J connectivity index is 2.21. The van der Waals surface area contributed by atoms with Gasteiger partial charge in [-0.15, -0.1) is 6.42 Å². The molecule has 1 N–H and O–H groups in total. The molecule has 14 heavy (non-hydrogen) atoms. The smallest absolute Gasteiger partial charge is 0.145 e. The molecule has 0 radical (unpaired) electrons. The van der Waals surface area contributed by atoms with Gasteiger partial charge in [0, 0.05) is 12.2 Å². The van der Waals surface area contributed by atoms with Gasteiger partial charge in [-0.05, 0) is 26.2 Å². The summed E-state index contributed by atoms with van der Waals surface area (Å²) >= 11 is 0. The van der Waals surface area contributed by atoms with Crippen LogP contribution in [-0.2, 0) is 0 Å². The molecule has 2 rings (SSSR count). The molecule has 1 aromatic heterocycles. The molecule has 0 unspecified atom stereocenters. The second kappa shape index (κ2) is 3.67. The van der Waals surface area contributed by atoms with E-state index >= 15 is 0 Å². The fourth-order valence-corrected chi connectivity index (χ4v) is 1.43. The van der Waals surface area contributed by atoms with E-state index in [0.29, 0.717) is 6.04 Å². The summed E-state index contributed by atoms with van der Waals surface area (Å²) in [5.74, 6) is 4.15. The zero-order chi connectivity index (χ0) is 9.97. The summed E-state index contributed by atoms with van der Waals surface area (Å²) in [5, 5.41) is 3.35. The number of nitrogens with zero attached hydrogens (tertiary/aromatic N) is 2. The van der Waals surface area contributed by atoms with E-state index in [9.17, 15) is 0 Å². The van der Waals surface area contributed by atoms with E-state index in [1.54, 1.807) is 6.20 Å². The van der Waals surface area contributed by atoms with Gasteiger partial charge in [0.05, 0.1) is 5.56 Å². The van der Waals surface area contributed by atoms with Gasteiger partial charge in [0.1, 0.15) is 11.6 Å². The summed E-state index contributed by atoms with van der Waals surface area (Å²) in [6, 6.07) is 0.552. The molecule has 0 bridgehead atoms. The summed E-state index contributed by atoms with van der Waals surface area (Å²) in [6.07, 6.45) is 10.8. The minimum absolute atomic E-state index is 0.552. The number of terminal acetylenes is 1.